The molecule has 0 saturated heterocycles. The number of ether oxygens (including phenoxy) is 2. The fraction of sp³-hybridized carbons (Fsp3) is 0.211. The van der Waals surface area contributed by atoms with E-state index in [1.54, 1.807) is 36.4 Å². The molecule has 0 aliphatic carbocycles. The van der Waals surface area contributed by atoms with Crippen LogP contribution in [0.3, 0.4) is 0 Å². The van der Waals surface area contributed by atoms with Gasteiger partial charge in [-0.15, -0.1) is 0 Å². The van der Waals surface area contributed by atoms with Gasteiger partial charge in [0.1, 0.15) is 16.9 Å². The van der Waals surface area contributed by atoms with Gasteiger partial charge in [-0.05, 0) is 36.4 Å². The average Bonchev–Trinajstić information content (AvgIpc) is 2.61. The standard InChI is InChI=1S/C19H15NO5/c1-12(21)23-7-2-8-24-14-4-6-17-16(10-14)19(22)15-5-3-13(11-20)9-18(15)25-17/h3-6,9-10H,2,7-8H2,1H3. The second kappa shape index (κ2) is 7.05. The van der Waals surface area contributed by atoms with Crippen LogP contribution in [0.2, 0.25) is 0 Å². The first-order chi connectivity index (χ1) is 12.1. The Morgan fingerprint density at radius 3 is 2.72 bits per heavy atom. The van der Waals surface area contributed by atoms with Gasteiger partial charge in [0.05, 0.1) is 35.6 Å². The summed E-state index contributed by atoms with van der Waals surface area (Å²) < 4.78 is 16.1. The Morgan fingerprint density at radius 2 is 1.96 bits per heavy atom. The average molecular weight is 337 g/mol. The molecule has 0 aliphatic heterocycles. The van der Waals surface area contributed by atoms with Gasteiger partial charge in [-0.3, -0.25) is 9.59 Å². The molecule has 6 heteroatoms. The van der Waals surface area contributed by atoms with Crippen molar-refractivity contribution in [2.45, 2.75) is 13.3 Å². The Kier molecular flexibility index (Phi) is 4.66. The molecule has 0 saturated carbocycles. The molecule has 1 heterocycles. The lowest BCUT2D eigenvalue weighted by Crippen LogP contribution is -2.06. The predicted octanol–water partition coefficient (Wildman–Crippen LogP) is 3.15. The van der Waals surface area contributed by atoms with Gasteiger partial charge in [0.2, 0.25) is 5.43 Å². The van der Waals surface area contributed by atoms with Crippen LogP contribution in [-0.2, 0) is 9.53 Å². The fourth-order valence-electron chi connectivity index (χ4n) is 2.46. The molecule has 0 bridgehead atoms. The number of fused-ring (bicyclic) bond motifs is 2. The van der Waals surface area contributed by atoms with E-state index in [2.05, 4.69) is 0 Å². The van der Waals surface area contributed by atoms with E-state index in [0.29, 0.717) is 46.3 Å². The summed E-state index contributed by atoms with van der Waals surface area (Å²) in [6.45, 7) is 2.01. The van der Waals surface area contributed by atoms with Gasteiger partial charge in [-0.25, -0.2) is 0 Å². The van der Waals surface area contributed by atoms with Gasteiger partial charge < -0.3 is 13.9 Å². The fourth-order valence-corrected chi connectivity index (χ4v) is 2.46. The molecule has 3 aromatic rings. The maximum Gasteiger partial charge on any atom is 0.302 e. The van der Waals surface area contributed by atoms with Crippen LogP contribution in [0.25, 0.3) is 21.9 Å². The molecule has 0 aliphatic rings. The third kappa shape index (κ3) is 3.61. The summed E-state index contributed by atoms with van der Waals surface area (Å²) in [6.07, 6.45) is 0.556. The molecule has 0 atom stereocenters. The lowest BCUT2D eigenvalue weighted by Gasteiger charge is -2.08. The number of carbonyl (C=O) groups excluding carboxylic acids is 1. The summed E-state index contributed by atoms with van der Waals surface area (Å²) in [5, 5.41) is 9.78. The Balaban J connectivity index is 1.86. The number of hydrogen-bond donors (Lipinski definition) is 0. The molecule has 0 radical (unpaired) electrons. The predicted molar refractivity (Wildman–Crippen MR) is 91.5 cm³/mol. The van der Waals surface area contributed by atoms with E-state index in [1.807, 2.05) is 6.07 Å². The minimum Gasteiger partial charge on any atom is -0.493 e. The summed E-state index contributed by atoms with van der Waals surface area (Å²) in [7, 11) is 0. The Hall–Kier alpha value is -3.33. The summed E-state index contributed by atoms with van der Waals surface area (Å²) in [4.78, 5) is 23.3. The van der Waals surface area contributed by atoms with Crippen molar-refractivity contribution in [3.63, 3.8) is 0 Å². The molecule has 0 unspecified atom stereocenters. The van der Waals surface area contributed by atoms with Gasteiger partial charge in [0.15, 0.2) is 0 Å². The Labute approximate surface area is 143 Å². The smallest absolute Gasteiger partial charge is 0.302 e. The first kappa shape index (κ1) is 16.5. The van der Waals surface area contributed by atoms with Gasteiger partial charge in [-0.1, -0.05) is 0 Å². The van der Waals surface area contributed by atoms with Crippen LogP contribution in [-0.4, -0.2) is 19.2 Å². The van der Waals surface area contributed by atoms with Crippen molar-refractivity contribution in [1.29, 1.82) is 5.26 Å². The number of benzene rings is 2. The summed E-state index contributed by atoms with van der Waals surface area (Å²) in [5.41, 5.74) is 1.07. The lowest BCUT2D eigenvalue weighted by atomic mass is 10.1. The second-order valence-electron chi connectivity index (χ2n) is 5.45. The first-order valence-electron chi connectivity index (χ1n) is 7.75. The SMILES string of the molecule is CC(=O)OCCCOc1ccc2oc3cc(C#N)ccc3c(=O)c2c1. The van der Waals surface area contributed by atoms with Crippen molar-refractivity contribution in [2.24, 2.45) is 0 Å². The molecular formula is C19H15NO5. The quantitative estimate of drug-likeness (QED) is 0.404. The van der Waals surface area contributed by atoms with E-state index in [0.717, 1.165) is 0 Å². The lowest BCUT2D eigenvalue weighted by molar-refractivity contribution is -0.141. The molecule has 1 aromatic heterocycles. The number of esters is 1. The van der Waals surface area contributed by atoms with Crippen LogP contribution in [0.4, 0.5) is 0 Å². The zero-order valence-corrected chi connectivity index (χ0v) is 13.6. The van der Waals surface area contributed by atoms with Crippen molar-refractivity contribution < 1.29 is 18.7 Å². The van der Waals surface area contributed by atoms with Crippen molar-refractivity contribution >= 4 is 27.9 Å². The number of rotatable bonds is 5. The molecule has 126 valence electrons. The molecule has 0 spiro atoms. The third-order valence-electron chi connectivity index (χ3n) is 3.63. The van der Waals surface area contributed by atoms with E-state index in [1.165, 1.54) is 6.92 Å². The van der Waals surface area contributed by atoms with Crippen LogP contribution in [0.1, 0.15) is 18.9 Å². The van der Waals surface area contributed by atoms with Gasteiger partial charge in [0.25, 0.3) is 0 Å². The van der Waals surface area contributed by atoms with Crippen LogP contribution in [0.15, 0.2) is 45.6 Å². The molecular weight excluding hydrogens is 322 g/mol. The molecule has 2 aromatic carbocycles. The Morgan fingerprint density at radius 1 is 1.12 bits per heavy atom. The number of nitrogens with zero attached hydrogens (tertiary/aromatic N) is 1. The number of carbonyl (C=O) groups is 1. The highest BCUT2D eigenvalue weighted by Gasteiger charge is 2.09. The second-order valence-corrected chi connectivity index (χ2v) is 5.45. The zero-order valence-electron chi connectivity index (χ0n) is 13.6. The molecule has 25 heavy (non-hydrogen) atoms. The van der Waals surface area contributed by atoms with Gasteiger partial charge >= 0.3 is 5.97 Å². The zero-order chi connectivity index (χ0) is 17.8. The largest absolute Gasteiger partial charge is 0.493 e. The van der Waals surface area contributed by atoms with Crippen molar-refractivity contribution in [3.05, 3.63) is 52.2 Å². The molecule has 6 nitrogen and oxygen atoms in total. The number of nitriles is 1. The summed E-state index contributed by atoms with van der Waals surface area (Å²) in [5.74, 6) is 0.213. The highest BCUT2D eigenvalue weighted by molar-refractivity contribution is 5.90. The molecule has 0 amide bonds. The first-order valence-corrected chi connectivity index (χ1v) is 7.75. The van der Waals surface area contributed by atoms with E-state index in [-0.39, 0.29) is 18.0 Å². The number of hydrogen-bond acceptors (Lipinski definition) is 6. The van der Waals surface area contributed by atoms with Crippen molar-refractivity contribution in [2.75, 3.05) is 13.2 Å². The van der Waals surface area contributed by atoms with Crippen LogP contribution in [0, 0.1) is 11.3 Å². The van der Waals surface area contributed by atoms with E-state index < -0.39 is 0 Å². The van der Waals surface area contributed by atoms with Crippen molar-refractivity contribution in [1.82, 2.24) is 0 Å². The van der Waals surface area contributed by atoms with Gasteiger partial charge in [0, 0.05) is 13.3 Å². The van der Waals surface area contributed by atoms with E-state index >= 15 is 0 Å². The summed E-state index contributed by atoms with van der Waals surface area (Å²) in [6, 6.07) is 11.7. The van der Waals surface area contributed by atoms with Crippen LogP contribution in [0.5, 0.6) is 5.75 Å². The Bertz CT molecular complexity index is 1050. The maximum atomic E-state index is 12.6. The van der Waals surface area contributed by atoms with E-state index in [9.17, 15) is 9.59 Å². The minimum absolute atomic E-state index is 0.175. The topological polar surface area (TPSA) is 89.5 Å². The molecule has 3 rings (SSSR count). The van der Waals surface area contributed by atoms with Gasteiger partial charge in [-0.2, -0.15) is 5.26 Å². The third-order valence-corrected chi connectivity index (χ3v) is 3.63. The van der Waals surface area contributed by atoms with E-state index in [4.69, 9.17) is 19.2 Å². The molecule has 0 N–H and O–H groups in total. The van der Waals surface area contributed by atoms with Crippen LogP contribution >= 0.6 is 0 Å². The molecule has 0 fully saturated rings. The van der Waals surface area contributed by atoms with Crippen LogP contribution < -0.4 is 10.2 Å². The monoisotopic (exact) mass is 337 g/mol. The highest BCUT2D eigenvalue weighted by Crippen LogP contribution is 2.23. The normalized spacial score (nSPS) is 10.6. The minimum atomic E-state index is -0.324. The highest BCUT2D eigenvalue weighted by atomic mass is 16.5. The van der Waals surface area contributed by atoms with Crippen molar-refractivity contribution in [3.8, 4) is 11.8 Å². The summed E-state index contributed by atoms with van der Waals surface area (Å²) >= 11 is 0. The maximum absolute atomic E-state index is 12.6.